The minimum absolute atomic E-state index is 0.465. The summed E-state index contributed by atoms with van der Waals surface area (Å²) in [4.78, 5) is 36.6. The standard InChI is InChI=1S/C14H18F3N3O4/c1-4-8-7(2)13(3,19-10(22)14(15,16)17)11(24-8)20-6-5-9(21)18-12(20)23/h5-8,11H,4H2,1-3H3,(H,19,22)(H,18,21,23)/t7-,8-,11-,13-/m1/s1. The molecule has 0 unspecified atom stereocenters. The maximum atomic E-state index is 12.7. The fraction of sp³-hybridized carbons (Fsp3) is 0.643. The van der Waals surface area contributed by atoms with Crippen molar-refractivity contribution < 1.29 is 22.7 Å². The average Bonchev–Trinajstić information content (AvgIpc) is 2.70. The zero-order valence-corrected chi connectivity index (χ0v) is 13.3. The summed E-state index contributed by atoms with van der Waals surface area (Å²) < 4.78 is 44.7. The fourth-order valence-corrected chi connectivity index (χ4v) is 2.94. The lowest BCUT2D eigenvalue weighted by Gasteiger charge is -2.35. The first kappa shape index (κ1) is 18.2. The maximum absolute atomic E-state index is 12.7. The molecule has 1 aliphatic heterocycles. The van der Waals surface area contributed by atoms with E-state index < -0.39 is 47.1 Å². The highest BCUT2D eigenvalue weighted by molar-refractivity contribution is 5.82. The maximum Gasteiger partial charge on any atom is 0.471 e. The molecule has 0 aliphatic carbocycles. The molecule has 0 aromatic carbocycles. The van der Waals surface area contributed by atoms with Crippen molar-refractivity contribution in [2.45, 2.75) is 51.2 Å². The Bertz CT molecular complexity index is 742. The molecule has 1 amide bonds. The molecule has 1 fully saturated rings. The molecule has 7 nitrogen and oxygen atoms in total. The van der Waals surface area contributed by atoms with Gasteiger partial charge in [-0.2, -0.15) is 13.2 Å². The average molecular weight is 349 g/mol. The molecule has 2 N–H and O–H groups in total. The number of alkyl halides is 3. The highest BCUT2D eigenvalue weighted by atomic mass is 19.4. The molecule has 1 aromatic heterocycles. The van der Waals surface area contributed by atoms with Crippen LogP contribution in [0.3, 0.4) is 0 Å². The molecule has 1 aliphatic rings. The predicted octanol–water partition coefficient (Wildman–Crippen LogP) is 0.917. The predicted molar refractivity (Wildman–Crippen MR) is 77.3 cm³/mol. The molecule has 4 atom stereocenters. The van der Waals surface area contributed by atoms with E-state index in [2.05, 4.69) is 0 Å². The van der Waals surface area contributed by atoms with Crippen LogP contribution in [0.5, 0.6) is 0 Å². The number of amides is 1. The Morgan fingerprint density at radius 2 is 2.08 bits per heavy atom. The van der Waals surface area contributed by atoms with E-state index in [0.29, 0.717) is 6.42 Å². The first-order chi connectivity index (χ1) is 11.0. The normalized spacial score (nSPS) is 30.3. The Labute approximate surface area is 134 Å². The van der Waals surface area contributed by atoms with Crippen molar-refractivity contribution >= 4 is 5.91 Å². The molecule has 1 saturated heterocycles. The van der Waals surface area contributed by atoms with Crippen molar-refractivity contribution in [3.8, 4) is 0 Å². The molecule has 24 heavy (non-hydrogen) atoms. The van der Waals surface area contributed by atoms with Gasteiger partial charge in [0.2, 0.25) is 0 Å². The number of carbonyl (C=O) groups is 1. The lowest BCUT2D eigenvalue weighted by molar-refractivity contribution is -0.177. The van der Waals surface area contributed by atoms with E-state index in [9.17, 15) is 27.6 Å². The van der Waals surface area contributed by atoms with Gasteiger partial charge in [-0.1, -0.05) is 13.8 Å². The van der Waals surface area contributed by atoms with Crippen LogP contribution in [-0.4, -0.2) is 33.3 Å². The van der Waals surface area contributed by atoms with Gasteiger partial charge in [-0.15, -0.1) is 0 Å². The lowest BCUT2D eigenvalue weighted by atomic mass is 9.83. The van der Waals surface area contributed by atoms with Gasteiger partial charge >= 0.3 is 17.8 Å². The fourth-order valence-electron chi connectivity index (χ4n) is 2.94. The van der Waals surface area contributed by atoms with E-state index in [4.69, 9.17) is 4.74 Å². The third-order valence-electron chi connectivity index (χ3n) is 4.47. The summed E-state index contributed by atoms with van der Waals surface area (Å²) in [6.45, 7) is 4.81. The van der Waals surface area contributed by atoms with Crippen LogP contribution in [0.25, 0.3) is 0 Å². The van der Waals surface area contributed by atoms with Gasteiger partial charge in [-0.25, -0.2) is 4.79 Å². The molecule has 0 saturated carbocycles. The van der Waals surface area contributed by atoms with Gasteiger partial charge in [-0.05, 0) is 13.3 Å². The summed E-state index contributed by atoms with van der Waals surface area (Å²) in [6.07, 6.45) is -5.10. The Morgan fingerprint density at radius 1 is 1.46 bits per heavy atom. The summed E-state index contributed by atoms with van der Waals surface area (Å²) in [7, 11) is 0. The number of nitrogens with one attached hydrogen (secondary N) is 2. The number of carbonyl (C=O) groups excluding carboxylic acids is 1. The molecule has 0 bridgehead atoms. The molecular weight excluding hydrogens is 331 g/mol. The highest BCUT2D eigenvalue weighted by Gasteiger charge is 2.55. The summed E-state index contributed by atoms with van der Waals surface area (Å²) in [5.41, 5.74) is -2.96. The molecule has 0 spiro atoms. The van der Waals surface area contributed by atoms with Gasteiger partial charge < -0.3 is 10.1 Å². The van der Waals surface area contributed by atoms with E-state index in [-0.39, 0.29) is 0 Å². The largest absolute Gasteiger partial charge is 0.471 e. The van der Waals surface area contributed by atoms with Crippen molar-refractivity contribution in [1.29, 1.82) is 0 Å². The smallest absolute Gasteiger partial charge is 0.352 e. The van der Waals surface area contributed by atoms with Gasteiger partial charge in [-0.3, -0.25) is 19.1 Å². The monoisotopic (exact) mass is 349 g/mol. The van der Waals surface area contributed by atoms with Crippen molar-refractivity contribution in [2.24, 2.45) is 5.92 Å². The van der Waals surface area contributed by atoms with Crippen molar-refractivity contribution in [3.05, 3.63) is 33.1 Å². The van der Waals surface area contributed by atoms with Crippen LogP contribution in [-0.2, 0) is 9.53 Å². The van der Waals surface area contributed by atoms with Crippen LogP contribution >= 0.6 is 0 Å². The number of nitrogens with zero attached hydrogens (tertiary/aromatic N) is 1. The van der Waals surface area contributed by atoms with Gasteiger partial charge in [0.25, 0.3) is 5.56 Å². The molecule has 2 heterocycles. The number of aromatic amines is 1. The Balaban J connectivity index is 2.49. The van der Waals surface area contributed by atoms with Gasteiger partial charge in [0.15, 0.2) is 6.23 Å². The Morgan fingerprint density at radius 3 is 2.58 bits per heavy atom. The molecular formula is C14H18F3N3O4. The lowest BCUT2D eigenvalue weighted by Crippen LogP contribution is -2.58. The topological polar surface area (TPSA) is 93.2 Å². The first-order valence-corrected chi connectivity index (χ1v) is 7.37. The van der Waals surface area contributed by atoms with Crippen molar-refractivity contribution in [1.82, 2.24) is 14.9 Å². The van der Waals surface area contributed by atoms with Crippen LogP contribution in [0.4, 0.5) is 13.2 Å². The summed E-state index contributed by atoms with van der Waals surface area (Å²) >= 11 is 0. The van der Waals surface area contributed by atoms with Crippen LogP contribution in [0, 0.1) is 5.92 Å². The van der Waals surface area contributed by atoms with E-state index in [1.54, 1.807) is 13.8 Å². The number of aromatic nitrogens is 2. The number of halogens is 3. The number of H-pyrrole nitrogens is 1. The van der Waals surface area contributed by atoms with Crippen molar-refractivity contribution in [3.63, 3.8) is 0 Å². The molecule has 0 radical (unpaired) electrons. The van der Waals surface area contributed by atoms with Crippen LogP contribution in [0.2, 0.25) is 0 Å². The van der Waals surface area contributed by atoms with E-state index in [1.807, 2.05) is 10.3 Å². The Hall–Kier alpha value is -2.10. The van der Waals surface area contributed by atoms with Crippen molar-refractivity contribution in [2.75, 3.05) is 0 Å². The zero-order valence-electron chi connectivity index (χ0n) is 13.3. The van der Waals surface area contributed by atoms with Gasteiger partial charge in [0.05, 0.1) is 11.6 Å². The molecule has 2 rings (SSSR count). The second-order valence-corrected chi connectivity index (χ2v) is 5.98. The molecule has 134 valence electrons. The van der Waals surface area contributed by atoms with E-state index in [1.165, 1.54) is 6.92 Å². The second kappa shape index (κ2) is 6.08. The van der Waals surface area contributed by atoms with E-state index in [0.717, 1.165) is 16.8 Å². The highest BCUT2D eigenvalue weighted by Crippen LogP contribution is 2.43. The summed E-state index contributed by atoms with van der Waals surface area (Å²) in [5, 5.41) is 1.96. The third-order valence-corrected chi connectivity index (χ3v) is 4.47. The van der Waals surface area contributed by atoms with Gasteiger partial charge in [0, 0.05) is 18.2 Å². The van der Waals surface area contributed by atoms with Crippen LogP contribution < -0.4 is 16.6 Å². The first-order valence-electron chi connectivity index (χ1n) is 7.37. The molecule has 10 heteroatoms. The van der Waals surface area contributed by atoms with Crippen LogP contribution in [0.15, 0.2) is 21.9 Å². The quantitative estimate of drug-likeness (QED) is 0.849. The Kier molecular flexibility index (Phi) is 4.62. The van der Waals surface area contributed by atoms with Gasteiger partial charge in [0.1, 0.15) is 0 Å². The number of hydrogen-bond acceptors (Lipinski definition) is 4. The van der Waals surface area contributed by atoms with E-state index >= 15 is 0 Å². The molecule has 1 aromatic rings. The minimum atomic E-state index is -5.06. The number of rotatable bonds is 3. The minimum Gasteiger partial charge on any atom is -0.352 e. The van der Waals surface area contributed by atoms with Crippen LogP contribution in [0.1, 0.15) is 33.4 Å². The zero-order chi connectivity index (χ0) is 18.3. The summed E-state index contributed by atoms with van der Waals surface area (Å²) in [6, 6.07) is 1.06. The third kappa shape index (κ3) is 3.10. The SMILES string of the molecule is CC[C@H]1O[C@@H](n2ccc(=O)[nH]c2=O)[C@](C)(NC(=O)C(F)(F)F)[C@@H]1C. The number of hydrogen-bond donors (Lipinski definition) is 2. The second-order valence-electron chi connectivity index (χ2n) is 5.98. The summed E-state index contributed by atoms with van der Waals surface area (Å²) in [5.74, 6) is -2.61. The number of ether oxygens (including phenoxy) is 1.